The van der Waals surface area contributed by atoms with E-state index in [2.05, 4.69) is 0 Å². The number of hydrogen-bond donors (Lipinski definition) is 1. The van der Waals surface area contributed by atoms with Crippen LogP contribution in [0.1, 0.15) is 25.3 Å². The van der Waals surface area contributed by atoms with Crippen LogP contribution in [0.2, 0.25) is 0 Å². The molecule has 1 amide bonds. The first-order chi connectivity index (χ1) is 8.10. The van der Waals surface area contributed by atoms with Crippen molar-refractivity contribution in [2.75, 3.05) is 13.7 Å². The normalized spacial score (nSPS) is 16.4. The number of hydrogen-bond acceptors (Lipinski definition) is 3. The van der Waals surface area contributed by atoms with Crippen LogP contribution in [-0.2, 0) is 10.2 Å². The Morgan fingerprint density at radius 3 is 2.41 bits per heavy atom. The van der Waals surface area contributed by atoms with Gasteiger partial charge in [0.25, 0.3) is 0 Å². The van der Waals surface area contributed by atoms with Gasteiger partial charge in [-0.15, -0.1) is 0 Å². The molecule has 2 N–H and O–H groups in total. The van der Waals surface area contributed by atoms with Crippen LogP contribution in [0.25, 0.3) is 0 Å². The third kappa shape index (κ3) is 2.13. The summed E-state index contributed by atoms with van der Waals surface area (Å²) in [5, 5.41) is 1.18. The molecule has 0 spiro atoms. The van der Waals surface area contributed by atoms with Gasteiger partial charge in [0.05, 0.1) is 12.0 Å². The average molecular weight is 234 g/mol. The first-order valence-electron chi connectivity index (χ1n) is 5.86. The molecule has 1 aromatic carbocycles. The van der Waals surface area contributed by atoms with Crippen molar-refractivity contribution in [2.24, 2.45) is 5.84 Å². The van der Waals surface area contributed by atoms with Gasteiger partial charge in [0, 0.05) is 7.05 Å². The van der Waals surface area contributed by atoms with Crippen molar-refractivity contribution in [3.05, 3.63) is 29.8 Å². The molecule has 0 aromatic heterocycles. The molecule has 2 rings (SSSR count). The topological polar surface area (TPSA) is 55.6 Å². The predicted octanol–water partition coefficient (Wildman–Crippen LogP) is 1.45. The predicted molar refractivity (Wildman–Crippen MR) is 65.5 cm³/mol. The number of rotatable bonds is 4. The maximum absolute atomic E-state index is 12.0. The van der Waals surface area contributed by atoms with Crippen molar-refractivity contribution in [3.8, 4) is 5.75 Å². The van der Waals surface area contributed by atoms with E-state index in [1.807, 2.05) is 31.2 Å². The first kappa shape index (κ1) is 11.9. The van der Waals surface area contributed by atoms with Crippen molar-refractivity contribution >= 4 is 5.91 Å². The van der Waals surface area contributed by atoms with E-state index in [1.165, 1.54) is 5.01 Å². The minimum absolute atomic E-state index is 0.0124. The number of nitrogens with zero attached hydrogens (tertiary/aromatic N) is 1. The van der Waals surface area contributed by atoms with Crippen molar-refractivity contribution in [1.29, 1.82) is 0 Å². The summed E-state index contributed by atoms with van der Waals surface area (Å²) in [6, 6.07) is 7.73. The van der Waals surface area contributed by atoms with Crippen LogP contribution in [0.15, 0.2) is 24.3 Å². The van der Waals surface area contributed by atoms with E-state index in [0.29, 0.717) is 6.61 Å². The van der Waals surface area contributed by atoms with Crippen LogP contribution in [0, 0.1) is 0 Å². The lowest BCUT2D eigenvalue weighted by atomic mass is 9.95. The van der Waals surface area contributed by atoms with Gasteiger partial charge in [-0.3, -0.25) is 9.80 Å². The Bertz CT molecular complexity index is 408. The maximum Gasteiger partial charge on any atom is 0.246 e. The zero-order valence-corrected chi connectivity index (χ0v) is 10.3. The fourth-order valence-corrected chi connectivity index (χ4v) is 2.13. The number of carbonyl (C=O) groups is 1. The maximum atomic E-state index is 12.0. The molecule has 4 heteroatoms. The molecule has 0 aliphatic heterocycles. The third-order valence-corrected chi connectivity index (χ3v) is 3.20. The van der Waals surface area contributed by atoms with Crippen molar-refractivity contribution in [3.63, 3.8) is 0 Å². The number of amides is 1. The molecule has 0 unspecified atom stereocenters. The summed E-state index contributed by atoms with van der Waals surface area (Å²) in [7, 11) is 1.59. The van der Waals surface area contributed by atoms with Gasteiger partial charge in [-0.25, -0.2) is 5.84 Å². The van der Waals surface area contributed by atoms with Gasteiger partial charge in [0.1, 0.15) is 5.75 Å². The molecule has 1 aliphatic carbocycles. The van der Waals surface area contributed by atoms with Crippen molar-refractivity contribution < 1.29 is 9.53 Å². The van der Waals surface area contributed by atoms with Gasteiger partial charge in [-0.2, -0.15) is 0 Å². The lowest BCUT2D eigenvalue weighted by Gasteiger charge is -2.19. The summed E-state index contributed by atoms with van der Waals surface area (Å²) in [6.07, 6.45) is 1.75. The largest absolute Gasteiger partial charge is 0.494 e. The molecular weight excluding hydrogens is 216 g/mol. The molecule has 1 fully saturated rings. The van der Waals surface area contributed by atoms with Gasteiger partial charge in [-0.05, 0) is 37.5 Å². The quantitative estimate of drug-likeness (QED) is 0.487. The Kier molecular flexibility index (Phi) is 3.07. The van der Waals surface area contributed by atoms with Gasteiger partial charge in [0.15, 0.2) is 0 Å². The zero-order chi connectivity index (χ0) is 12.5. The highest BCUT2D eigenvalue weighted by Crippen LogP contribution is 2.49. The minimum atomic E-state index is -0.381. The molecule has 0 bridgehead atoms. The second kappa shape index (κ2) is 4.37. The fraction of sp³-hybridized carbons (Fsp3) is 0.462. The van der Waals surface area contributed by atoms with Gasteiger partial charge < -0.3 is 4.74 Å². The summed E-state index contributed by atoms with van der Waals surface area (Å²) in [6.45, 7) is 2.60. The monoisotopic (exact) mass is 234 g/mol. The van der Waals surface area contributed by atoms with Crippen LogP contribution in [0.5, 0.6) is 5.75 Å². The number of benzene rings is 1. The number of hydrazine groups is 1. The molecule has 0 atom stereocenters. The fourth-order valence-electron chi connectivity index (χ4n) is 2.13. The Morgan fingerprint density at radius 2 is 2.00 bits per heavy atom. The number of carbonyl (C=O) groups excluding carboxylic acids is 1. The average Bonchev–Trinajstić information content (AvgIpc) is 3.11. The Morgan fingerprint density at radius 1 is 1.41 bits per heavy atom. The van der Waals surface area contributed by atoms with Gasteiger partial charge in [-0.1, -0.05) is 12.1 Å². The van der Waals surface area contributed by atoms with Gasteiger partial charge >= 0.3 is 0 Å². The zero-order valence-electron chi connectivity index (χ0n) is 10.3. The highest BCUT2D eigenvalue weighted by molar-refractivity contribution is 5.90. The molecule has 0 heterocycles. The second-order valence-electron chi connectivity index (χ2n) is 4.46. The SMILES string of the molecule is CCOc1ccc(C2(C(=O)N(C)N)CC2)cc1. The highest BCUT2D eigenvalue weighted by atomic mass is 16.5. The molecule has 1 aromatic rings. The summed E-state index contributed by atoms with van der Waals surface area (Å²) in [5.74, 6) is 6.36. The minimum Gasteiger partial charge on any atom is -0.494 e. The first-order valence-corrected chi connectivity index (χ1v) is 5.86. The number of ether oxygens (including phenoxy) is 1. The lowest BCUT2D eigenvalue weighted by Crippen LogP contribution is -2.41. The molecular formula is C13H18N2O2. The molecule has 4 nitrogen and oxygen atoms in total. The molecule has 1 aliphatic rings. The molecule has 0 radical (unpaired) electrons. The highest BCUT2D eigenvalue weighted by Gasteiger charge is 2.52. The lowest BCUT2D eigenvalue weighted by molar-refractivity contribution is -0.132. The number of nitrogens with two attached hydrogens (primary N) is 1. The summed E-state index contributed by atoms with van der Waals surface area (Å²) in [4.78, 5) is 12.0. The van der Waals surface area contributed by atoms with Crippen LogP contribution >= 0.6 is 0 Å². The van der Waals surface area contributed by atoms with Gasteiger partial charge in [0.2, 0.25) is 5.91 Å². The summed E-state index contributed by atoms with van der Waals surface area (Å²) in [5.41, 5.74) is 0.650. The summed E-state index contributed by atoms with van der Waals surface area (Å²) >= 11 is 0. The van der Waals surface area contributed by atoms with Crippen LogP contribution < -0.4 is 10.6 Å². The molecule has 1 saturated carbocycles. The van der Waals surface area contributed by atoms with E-state index in [-0.39, 0.29) is 11.3 Å². The standard InChI is InChI=1S/C13H18N2O2/c1-3-17-11-6-4-10(5-7-11)13(8-9-13)12(16)15(2)14/h4-7H,3,8-9,14H2,1-2H3. The summed E-state index contributed by atoms with van der Waals surface area (Å²) < 4.78 is 5.38. The third-order valence-electron chi connectivity index (χ3n) is 3.20. The Balaban J connectivity index is 2.20. The van der Waals surface area contributed by atoms with Crippen LogP contribution in [0.3, 0.4) is 0 Å². The van der Waals surface area contributed by atoms with E-state index in [0.717, 1.165) is 24.2 Å². The Hall–Kier alpha value is -1.55. The van der Waals surface area contributed by atoms with E-state index in [4.69, 9.17) is 10.6 Å². The van der Waals surface area contributed by atoms with Crippen LogP contribution in [-0.4, -0.2) is 24.6 Å². The number of likely N-dealkylation sites (N-methyl/N-ethyl adjacent to an activating group) is 1. The Labute approximate surface area is 101 Å². The van der Waals surface area contributed by atoms with E-state index >= 15 is 0 Å². The second-order valence-corrected chi connectivity index (χ2v) is 4.46. The van der Waals surface area contributed by atoms with Crippen LogP contribution in [0.4, 0.5) is 0 Å². The molecule has 0 saturated heterocycles. The smallest absolute Gasteiger partial charge is 0.246 e. The molecule has 17 heavy (non-hydrogen) atoms. The van der Waals surface area contributed by atoms with Crippen molar-refractivity contribution in [2.45, 2.75) is 25.2 Å². The van der Waals surface area contributed by atoms with E-state index in [1.54, 1.807) is 7.05 Å². The molecule has 92 valence electrons. The van der Waals surface area contributed by atoms with E-state index < -0.39 is 0 Å². The van der Waals surface area contributed by atoms with E-state index in [9.17, 15) is 4.79 Å². The van der Waals surface area contributed by atoms with Crippen molar-refractivity contribution in [1.82, 2.24) is 5.01 Å².